The number of carbonyl (C=O) groups is 2. The van der Waals surface area contributed by atoms with Gasteiger partial charge < -0.3 is 33.9 Å². The molecular formula is C22H24N2O7. The lowest BCUT2D eigenvalue weighted by molar-refractivity contribution is -0.122. The average molecular weight is 428 g/mol. The van der Waals surface area contributed by atoms with Crippen LogP contribution >= 0.6 is 0 Å². The highest BCUT2D eigenvalue weighted by molar-refractivity contribution is 6.03. The molecule has 1 fully saturated rings. The Bertz CT molecular complexity index is 982. The van der Waals surface area contributed by atoms with Gasteiger partial charge in [0.2, 0.25) is 17.6 Å². The third-order valence-electron chi connectivity index (χ3n) is 5.27. The van der Waals surface area contributed by atoms with E-state index in [9.17, 15) is 9.59 Å². The van der Waals surface area contributed by atoms with E-state index in [0.29, 0.717) is 53.3 Å². The predicted molar refractivity (Wildman–Crippen MR) is 113 cm³/mol. The zero-order chi connectivity index (χ0) is 22.0. The van der Waals surface area contributed by atoms with E-state index in [1.165, 1.54) is 21.3 Å². The first kappa shape index (κ1) is 20.6. The third kappa shape index (κ3) is 4.03. The Balaban J connectivity index is 1.49. The number of fused-ring (bicyclic) bond motifs is 1. The first-order chi connectivity index (χ1) is 15.0. The second-order valence-electron chi connectivity index (χ2n) is 7.14. The van der Waals surface area contributed by atoms with Crippen LogP contribution in [0.1, 0.15) is 6.42 Å². The summed E-state index contributed by atoms with van der Waals surface area (Å²) >= 11 is 0. The largest absolute Gasteiger partial charge is 0.493 e. The Morgan fingerprint density at radius 1 is 1.00 bits per heavy atom. The van der Waals surface area contributed by atoms with Crippen molar-refractivity contribution in [2.75, 3.05) is 51.3 Å². The number of methoxy groups -OCH3 is 3. The highest BCUT2D eigenvalue weighted by atomic mass is 16.6. The Morgan fingerprint density at radius 3 is 2.32 bits per heavy atom. The maximum absolute atomic E-state index is 12.9. The van der Waals surface area contributed by atoms with Gasteiger partial charge in [0.25, 0.3) is 0 Å². The number of anilines is 2. The number of amides is 2. The summed E-state index contributed by atoms with van der Waals surface area (Å²) in [5.41, 5.74) is 1.17. The maximum Gasteiger partial charge on any atom is 0.229 e. The van der Waals surface area contributed by atoms with E-state index < -0.39 is 5.92 Å². The molecule has 2 aromatic carbocycles. The Morgan fingerprint density at radius 2 is 1.68 bits per heavy atom. The predicted octanol–water partition coefficient (Wildman–Crippen LogP) is 2.48. The van der Waals surface area contributed by atoms with Crippen LogP contribution in [-0.2, 0) is 9.59 Å². The van der Waals surface area contributed by atoms with Crippen molar-refractivity contribution >= 4 is 23.2 Å². The number of hydrogen-bond donors (Lipinski definition) is 1. The standard InChI is InChI=1S/C22H24N2O7/c1-27-18-9-14(10-19(28-2)21(18)29-3)23-22(26)13-8-20(25)24(12-13)15-4-5-16-17(11-15)31-7-6-30-16/h4-5,9-11,13H,6-8,12H2,1-3H3,(H,23,26)/t13-/m0/s1. The van der Waals surface area contributed by atoms with Gasteiger partial charge in [-0.25, -0.2) is 0 Å². The lowest BCUT2D eigenvalue weighted by Crippen LogP contribution is -2.28. The molecule has 1 atom stereocenters. The van der Waals surface area contributed by atoms with Gasteiger partial charge in [-0.1, -0.05) is 0 Å². The lowest BCUT2D eigenvalue weighted by atomic mass is 10.1. The number of rotatable bonds is 6. The van der Waals surface area contributed by atoms with E-state index in [4.69, 9.17) is 23.7 Å². The number of nitrogens with one attached hydrogen (secondary N) is 1. The smallest absolute Gasteiger partial charge is 0.229 e. The van der Waals surface area contributed by atoms with Crippen LogP contribution in [0.15, 0.2) is 30.3 Å². The SMILES string of the molecule is COc1cc(NC(=O)[C@H]2CC(=O)N(c3ccc4c(c3)OCCO4)C2)cc(OC)c1OC. The number of carbonyl (C=O) groups excluding carboxylic acids is 2. The molecule has 2 amide bonds. The molecule has 2 aromatic rings. The van der Waals surface area contributed by atoms with Crippen LogP contribution in [0.25, 0.3) is 0 Å². The minimum atomic E-state index is -0.500. The molecule has 2 aliphatic heterocycles. The highest BCUT2D eigenvalue weighted by Crippen LogP contribution is 2.40. The minimum absolute atomic E-state index is 0.116. The summed E-state index contributed by atoms with van der Waals surface area (Å²) in [4.78, 5) is 27.1. The van der Waals surface area contributed by atoms with Gasteiger partial charge in [0, 0.05) is 42.5 Å². The monoisotopic (exact) mass is 428 g/mol. The molecule has 164 valence electrons. The first-order valence-electron chi connectivity index (χ1n) is 9.85. The quantitative estimate of drug-likeness (QED) is 0.755. The summed E-state index contributed by atoms with van der Waals surface area (Å²) in [6, 6.07) is 8.64. The molecule has 2 aliphatic rings. The molecule has 31 heavy (non-hydrogen) atoms. The Kier molecular flexibility index (Phi) is 5.75. The summed E-state index contributed by atoms with van der Waals surface area (Å²) in [5.74, 6) is 1.66. The van der Waals surface area contributed by atoms with Crippen molar-refractivity contribution in [2.45, 2.75) is 6.42 Å². The maximum atomic E-state index is 12.9. The highest BCUT2D eigenvalue weighted by Gasteiger charge is 2.36. The van der Waals surface area contributed by atoms with E-state index in [-0.39, 0.29) is 24.8 Å². The summed E-state index contributed by atoms with van der Waals surface area (Å²) < 4.78 is 27.1. The van der Waals surface area contributed by atoms with Gasteiger partial charge in [0.1, 0.15) is 13.2 Å². The van der Waals surface area contributed by atoms with E-state index in [1.54, 1.807) is 35.2 Å². The van der Waals surface area contributed by atoms with Crippen LogP contribution in [0.4, 0.5) is 11.4 Å². The second kappa shape index (κ2) is 8.63. The van der Waals surface area contributed by atoms with E-state index in [2.05, 4.69) is 5.32 Å². The summed E-state index contributed by atoms with van der Waals surface area (Å²) in [5, 5.41) is 2.85. The van der Waals surface area contributed by atoms with Gasteiger partial charge in [-0.2, -0.15) is 0 Å². The van der Waals surface area contributed by atoms with E-state index in [0.717, 1.165) is 0 Å². The van der Waals surface area contributed by atoms with Crippen molar-refractivity contribution in [2.24, 2.45) is 5.92 Å². The van der Waals surface area contributed by atoms with Crippen molar-refractivity contribution in [3.63, 3.8) is 0 Å². The van der Waals surface area contributed by atoms with Crippen LogP contribution in [0.2, 0.25) is 0 Å². The van der Waals surface area contributed by atoms with E-state index >= 15 is 0 Å². The second-order valence-corrected chi connectivity index (χ2v) is 7.14. The topological polar surface area (TPSA) is 95.6 Å². The fourth-order valence-corrected chi connectivity index (χ4v) is 3.73. The number of hydrogen-bond acceptors (Lipinski definition) is 7. The van der Waals surface area contributed by atoms with Crippen molar-refractivity contribution < 1.29 is 33.3 Å². The van der Waals surface area contributed by atoms with Gasteiger partial charge in [0.05, 0.1) is 27.2 Å². The minimum Gasteiger partial charge on any atom is -0.493 e. The molecule has 0 spiro atoms. The molecule has 1 saturated heterocycles. The molecular weight excluding hydrogens is 404 g/mol. The van der Waals surface area contributed by atoms with Gasteiger partial charge in [-0.3, -0.25) is 9.59 Å². The van der Waals surface area contributed by atoms with Crippen LogP contribution in [-0.4, -0.2) is 52.9 Å². The van der Waals surface area contributed by atoms with E-state index in [1.807, 2.05) is 0 Å². The number of nitrogens with zero attached hydrogens (tertiary/aromatic N) is 1. The van der Waals surface area contributed by atoms with Crippen LogP contribution in [0.3, 0.4) is 0 Å². The van der Waals surface area contributed by atoms with Gasteiger partial charge in [0.15, 0.2) is 23.0 Å². The molecule has 1 N–H and O–H groups in total. The zero-order valence-electron chi connectivity index (χ0n) is 17.6. The fourth-order valence-electron chi connectivity index (χ4n) is 3.73. The van der Waals surface area contributed by atoms with Gasteiger partial charge in [-0.05, 0) is 12.1 Å². The molecule has 2 heterocycles. The Labute approximate surface area is 179 Å². The average Bonchev–Trinajstić information content (AvgIpc) is 3.19. The fraction of sp³-hybridized carbons (Fsp3) is 0.364. The first-order valence-corrected chi connectivity index (χ1v) is 9.85. The number of ether oxygens (including phenoxy) is 5. The molecule has 9 nitrogen and oxygen atoms in total. The molecule has 0 bridgehead atoms. The summed E-state index contributed by atoms with van der Waals surface area (Å²) in [6.45, 7) is 1.23. The molecule has 0 unspecified atom stereocenters. The third-order valence-corrected chi connectivity index (χ3v) is 5.27. The van der Waals surface area contributed by atoms with Crippen LogP contribution in [0, 0.1) is 5.92 Å². The molecule has 9 heteroatoms. The van der Waals surface area contributed by atoms with Crippen molar-refractivity contribution in [1.29, 1.82) is 0 Å². The lowest BCUT2D eigenvalue weighted by Gasteiger charge is -2.22. The molecule has 4 rings (SSSR count). The van der Waals surface area contributed by atoms with Gasteiger partial charge in [-0.15, -0.1) is 0 Å². The molecule has 0 aliphatic carbocycles. The molecule has 0 radical (unpaired) electrons. The van der Waals surface area contributed by atoms with Crippen molar-refractivity contribution in [3.8, 4) is 28.7 Å². The Hall–Kier alpha value is -3.62. The molecule has 0 aromatic heterocycles. The molecule has 0 saturated carbocycles. The number of benzene rings is 2. The van der Waals surface area contributed by atoms with Crippen LogP contribution in [0.5, 0.6) is 28.7 Å². The summed E-state index contributed by atoms with van der Waals surface area (Å²) in [6.07, 6.45) is 0.116. The van der Waals surface area contributed by atoms with Crippen LogP contribution < -0.4 is 33.9 Å². The normalized spacial score (nSPS) is 17.3. The summed E-state index contributed by atoms with van der Waals surface area (Å²) in [7, 11) is 4.52. The van der Waals surface area contributed by atoms with Crippen molar-refractivity contribution in [3.05, 3.63) is 30.3 Å². The van der Waals surface area contributed by atoms with Crippen molar-refractivity contribution in [1.82, 2.24) is 0 Å². The van der Waals surface area contributed by atoms with Gasteiger partial charge >= 0.3 is 0 Å². The zero-order valence-corrected chi connectivity index (χ0v) is 17.6.